The minimum atomic E-state index is -0.0465. The average molecular weight is 310 g/mol. The second kappa shape index (κ2) is 8.12. The molecule has 0 spiro atoms. The molecule has 2 N–H and O–H groups in total. The number of hydrogen-bond donors (Lipinski definition) is 1. The summed E-state index contributed by atoms with van der Waals surface area (Å²) in [6, 6.07) is 0. The molecule has 6 heteroatoms. The predicted octanol–water partition coefficient (Wildman–Crippen LogP) is 2.04. The van der Waals surface area contributed by atoms with Gasteiger partial charge in [0.2, 0.25) is 0 Å². The zero-order valence-electron chi connectivity index (χ0n) is 13.4. The molecule has 0 aliphatic heterocycles. The molecule has 21 heavy (non-hydrogen) atoms. The summed E-state index contributed by atoms with van der Waals surface area (Å²) >= 11 is 4.94. The fourth-order valence-electron chi connectivity index (χ4n) is 2.16. The molecule has 0 aromatic carbocycles. The fourth-order valence-corrected chi connectivity index (χ4v) is 2.25. The lowest BCUT2D eigenvalue weighted by atomic mass is 10.2. The van der Waals surface area contributed by atoms with E-state index in [0.717, 1.165) is 6.54 Å². The first kappa shape index (κ1) is 17.6. The second-order valence-corrected chi connectivity index (χ2v) is 6.68. The fraction of sp³-hybridized carbons (Fsp3) is 0.667. The van der Waals surface area contributed by atoms with Crippen LogP contribution in [0, 0.1) is 11.8 Å². The van der Waals surface area contributed by atoms with Gasteiger partial charge in [0.1, 0.15) is 0 Å². The number of thiocarbonyl (C=S) groups is 1. The molecule has 0 aliphatic rings. The van der Waals surface area contributed by atoms with E-state index in [1.54, 1.807) is 17.0 Å². The molecule has 0 unspecified atom stereocenters. The monoisotopic (exact) mass is 310 g/mol. The molecule has 5 nitrogen and oxygen atoms in total. The molecule has 0 aliphatic carbocycles. The third-order valence-electron chi connectivity index (χ3n) is 2.97. The smallest absolute Gasteiger partial charge is 0.293 e. The molecule has 0 fully saturated rings. The summed E-state index contributed by atoms with van der Waals surface area (Å²) in [5.74, 6) is 1.33. The van der Waals surface area contributed by atoms with Crippen LogP contribution in [-0.4, -0.2) is 27.6 Å². The van der Waals surface area contributed by atoms with Crippen molar-refractivity contribution in [2.24, 2.45) is 17.6 Å². The molecule has 0 bridgehead atoms. The van der Waals surface area contributed by atoms with Crippen molar-refractivity contribution in [1.82, 2.24) is 9.55 Å². The molecular weight excluding hydrogens is 284 g/mol. The first-order chi connectivity index (χ1) is 9.81. The van der Waals surface area contributed by atoms with Crippen LogP contribution in [0.2, 0.25) is 0 Å². The molecule has 118 valence electrons. The van der Waals surface area contributed by atoms with Crippen LogP contribution < -0.4 is 16.2 Å². The Balaban J connectivity index is 3.05. The zero-order valence-corrected chi connectivity index (χ0v) is 14.2. The number of nitrogens with zero attached hydrogens (tertiary/aromatic N) is 3. The molecule has 0 saturated carbocycles. The van der Waals surface area contributed by atoms with E-state index in [9.17, 15) is 4.79 Å². The predicted molar refractivity (Wildman–Crippen MR) is 91.8 cm³/mol. The van der Waals surface area contributed by atoms with Gasteiger partial charge in [0.15, 0.2) is 5.82 Å². The van der Waals surface area contributed by atoms with E-state index in [0.29, 0.717) is 42.2 Å². The van der Waals surface area contributed by atoms with Crippen molar-refractivity contribution in [3.05, 3.63) is 22.7 Å². The Morgan fingerprint density at radius 3 is 2.57 bits per heavy atom. The summed E-state index contributed by atoms with van der Waals surface area (Å²) in [7, 11) is 0. The SMILES string of the molecule is CC(C)CN(CCC(N)=S)c1nccn(CC(C)C)c1=O. The van der Waals surface area contributed by atoms with Crippen molar-refractivity contribution in [3.63, 3.8) is 0 Å². The maximum atomic E-state index is 12.6. The lowest BCUT2D eigenvalue weighted by Gasteiger charge is -2.25. The Morgan fingerprint density at radius 2 is 2.05 bits per heavy atom. The van der Waals surface area contributed by atoms with Gasteiger partial charge in [-0.2, -0.15) is 0 Å². The van der Waals surface area contributed by atoms with Crippen molar-refractivity contribution in [2.45, 2.75) is 40.7 Å². The number of rotatable bonds is 8. The van der Waals surface area contributed by atoms with Crippen LogP contribution in [0.25, 0.3) is 0 Å². The maximum absolute atomic E-state index is 12.6. The molecule has 0 saturated heterocycles. The Morgan fingerprint density at radius 1 is 1.38 bits per heavy atom. The summed E-state index contributed by atoms with van der Waals surface area (Å²) in [6.07, 6.45) is 4.02. The van der Waals surface area contributed by atoms with E-state index in [-0.39, 0.29) is 5.56 Å². The van der Waals surface area contributed by atoms with Crippen LogP contribution in [0.3, 0.4) is 0 Å². The zero-order chi connectivity index (χ0) is 16.0. The topological polar surface area (TPSA) is 64.2 Å². The van der Waals surface area contributed by atoms with Gasteiger partial charge in [-0.3, -0.25) is 4.79 Å². The Kier molecular flexibility index (Phi) is 6.81. The molecule has 0 amide bonds. The lowest BCUT2D eigenvalue weighted by Crippen LogP contribution is -2.37. The van der Waals surface area contributed by atoms with Crippen molar-refractivity contribution in [1.29, 1.82) is 0 Å². The van der Waals surface area contributed by atoms with Gasteiger partial charge in [-0.15, -0.1) is 0 Å². The normalized spacial score (nSPS) is 11.1. The van der Waals surface area contributed by atoms with Crippen LogP contribution >= 0.6 is 12.2 Å². The molecule has 1 rings (SSSR count). The second-order valence-electron chi connectivity index (χ2n) is 6.16. The van der Waals surface area contributed by atoms with Crippen molar-refractivity contribution >= 4 is 23.0 Å². The van der Waals surface area contributed by atoms with E-state index in [1.165, 1.54) is 0 Å². The van der Waals surface area contributed by atoms with E-state index >= 15 is 0 Å². The highest BCUT2D eigenvalue weighted by Gasteiger charge is 2.15. The minimum absolute atomic E-state index is 0.0465. The Labute approximate surface area is 132 Å². The summed E-state index contributed by atoms with van der Waals surface area (Å²) in [4.78, 5) is 19.3. The van der Waals surface area contributed by atoms with Gasteiger partial charge in [0.25, 0.3) is 5.56 Å². The summed E-state index contributed by atoms with van der Waals surface area (Å²) in [5.41, 5.74) is 5.54. The lowest BCUT2D eigenvalue weighted by molar-refractivity contribution is 0.506. The first-order valence-electron chi connectivity index (χ1n) is 7.40. The third kappa shape index (κ3) is 5.83. The van der Waals surface area contributed by atoms with E-state index in [1.807, 2.05) is 4.90 Å². The van der Waals surface area contributed by atoms with Crippen LogP contribution in [0.1, 0.15) is 34.1 Å². The number of aromatic nitrogens is 2. The maximum Gasteiger partial charge on any atom is 0.293 e. The molecule has 0 atom stereocenters. The highest BCUT2D eigenvalue weighted by atomic mass is 32.1. The minimum Gasteiger partial charge on any atom is -0.393 e. The van der Waals surface area contributed by atoms with Gasteiger partial charge in [0, 0.05) is 38.4 Å². The van der Waals surface area contributed by atoms with Crippen molar-refractivity contribution < 1.29 is 0 Å². The van der Waals surface area contributed by atoms with E-state index < -0.39 is 0 Å². The largest absolute Gasteiger partial charge is 0.393 e. The highest BCUT2D eigenvalue weighted by molar-refractivity contribution is 7.80. The summed E-state index contributed by atoms with van der Waals surface area (Å²) in [5, 5.41) is 0. The number of hydrogen-bond acceptors (Lipinski definition) is 4. The van der Waals surface area contributed by atoms with E-state index in [2.05, 4.69) is 32.7 Å². The molecule has 1 aromatic rings. The van der Waals surface area contributed by atoms with Gasteiger partial charge in [-0.1, -0.05) is 39.9 Å². The molecule has 0 radical (unpaired) electrons. The van der Waals surface area contributed by atoms with Gasteiger partial charge in [-0.05, 0) is 11.8 Å². The summed E-state index contributed by atoms with van der Waals surface area (Å²) in [6.45, 7) is 10.5. The van der Waals surface area contributed by atoms with E-state index in [4.69, 9.17) is 18.0 Å². The molecule has 1 heterocycles. The summed E-state index contributed by atoms with van der Waals surface area (Å²) < 4.78 is 1.72. The Hall–Kier alpha value is -1.43. The standard InChI is InChI=1S/C15H26N4OS/c1-11(2)9-18(7-5-13(16)21)14-15(20)19(8-6-17-14)10-12(3)4/h6,8,11-12H,5,7,9-10H2,1-4H3,(H2,16,21). The first-order valence-corrected chi connectivity index (χ1v) is 7.80. The van der Waals surface area contributed by atoms with Crippen molar-refractivity contribution in [2.75, 3.05) is 18.0 Å². The van der Waals surface area contributed by atoms with Gasteiger partial charge >= 0.3 is 0 Å². The van der Waals surface area contributed by atoms with Crippen molar-refractivity contribution in [3.8, 4) is 0 Å². The van der Waals surface area contributed by atoms with Crippen LogP contribution in [0.5, 0.6) is 0 Å². The molecule has 1 aromatic heterocycles. The van der Waals surface area contributed by atoms with Gasteiger partial charge in [0.05, 0.1) is 4.99 Å². The van der Waals surface area contributed by atoms with Crippen LogP contribution in [0.4, 0.5) is 5.82 Å². The molecular formula is C15H26N4OS. The quantitative estimate of drug-likeness (QED) is 0.744. The Bertz CT molecular complexity index is 525. The highest BCUT2D eigenvalue weighted by Crippen LogP contribution is 2.09. The van der Waals surface area contributed by atoms with Gasteiger partial charge < -0.3 is 15.2 Å². The van der Waals surface area contributed by atoms with Crippen LogP contribution in [-0.2, 0) is 6.54 Å². The number of anilines is 1. The average Bonchev–Trinajstić information content (AvgIpc) is 2.36. The number of nitrogens with two attached hydrogens (primary N) is 1. The van der Waals surface area contributed by atoms with Crippen LogP contribution in [0.15, 0.2) is 17.2 Å². The van der Waals surface area contributed by atoms with Gasteiger partial charge in [-0.25, -0.2) is 4.98 Å². The third-order valence-corrected chi connectivity index (χ3v) is 3.17.